The molecule has 16 heavy (non-hydrogen) atoms. The lowest BCUT2D eigenvalue weighted by Gasteiger charge is -2.13. The maximum absolute atomic E-state index is 10.0. The Morgan fingerprint density at radius 3 is 2.62 bits per heavy atom. The van der Waals surface area contributed by atoms with Crippen molar-refractivity contribution in [3.05, 3.63) is 35.4 Å². The fourth-order valence-corrected chi connectivity index (χ4v) is 1.71. The zero-order valence-corrected chi connectivity index (χ0v) is 10.4. The predicted octanol–water partition coefficient (Wildman–Crippen LogP) is 3.30. The summed E-state index contributed by atoms with van der Waals surface area (Å²) < 4.78 is 5.08. The highest BCUT2D eigenvalue weighted by Crippen LogP contribution is 2.21. The lowest BCUT2D eigenvalue weighted by atomic mass is 9.99. The van der Waals surface area contributed by atoms with Crippen molar-refractivity contribution in [3.63, 3.8) is 0 Å². The first kappa shape index (κ1) is 13.2. The van der Waals surface area contributed by atoms with Crippen molar-refractivity contribution in [2.75, 3.05) is 7.11 Å². The topological polar surface area (TPSA) is 29.5 Å². The van der Waals surface area contributed by atoms with Crippen LogP contribution < -0.4 is 0 Å². The van der Waals surface area contributed by atoms with Gasteiger partial charge in [-0.15, -0.1) is 0 Å². The van der Waals surface area contributed by atoms with Gasteiger partial charge in [-0.3, -0.25) is 0 Å². The van der Waals surface area contributed by atoms with Gasteiger partial charge in [0.15, 0.2) is 0 Å². The molecule has 0 saturated carbocycles. The summed E-state index contributed by atoms with van der Waals surface area (Å²) in [7, 11) is 1.68. The Morgan fingerprint density at radius 2 is 2.00 bits per heavy atom. The number of hydrogen-bond donors (Lipinski definition) is 1. The van der Waals surface area contributed by atoms with Gasteiger partial charge in [0.2, 0.25) is 0 Å². The van der Waals surface area contributed by atoms with Crippen molar-refractivity contribution in [2.24, 2.45) is 5.92 Å². The summed E-state index contributed by atoms with van der Waals surface area (Å²) in [4.78, 5) is 0. The molecule has 0 aromatic heterocycles. The molecule has 1 aromatic rings. The summed E-state index contributed by atoms with van der Waals surface area (Å²) in [6, 6.07) is 7.99. The number of aliphatic hydroxyl groups excluding tert-OH is 1. The van der Waals surface area contributed by atoms with Crippen LogP contribution in [-0.2, 0) is 11.3 Å². The van der Waals surface area contributed by atoms with Crippen LogP contribution in [0, 0.1) is 5.92 Å². The van der Waals surface area contributed by atoms with Crippen LogP contribution in [0.4, 0.5) is 0 Å². The molecule has 0 spiro atoms. The van der Waals surface area contributed by atoms with Crippen molar-refractivity contribution >= 4 is 0 Å². The van der Waals surface area contributed by atoms with E-state index in [0.29, 0.717) is 12.5 Å². The van der Waals surface area contributed by atoms with E-state index < -0.39 is 0 Å². The first-order chi connectivity index (χ1) is 7.63. The monoisotopic (exact) mass is 222 g/mol. The third kappa shape index (κ3) is 4.33. The fourth-order valence-electron chi connectivity index (χ4n) is 1.71. The van der Waals surface area contributed by atoms with E-state index in [-0.39, 0.29) is 6.10 Å². The quantitative estimate of drug-likeness (QED) is 0.800. The van der Waals surface area contributed by atoms with Crippen LogP contribution in [0.5, 0.6) is 0 Å². The van der Waals surface area contributed by atoms with Crippen LogP contribution in [0.15, 0.2) is 24.3 Å². The van der Waals surface area contributed by atoms with Gasteiger partial charge in [-0.05, 0) is 29.9 Å². The molecule has 1 rings (SSSR count). The summed E-state index contributed by atoms with van der Waals surface area (Å²) >= 11 is 0. The molecule has 1 unspecified atom stereocenters. The van der Waals surface area contributed by atoms with E-state index in [1.54, 1.807) is 7.11 Å². The van der Waals surface area contributed by atoms with Crippen LogP contribution >= 0.6 is 0 Å². The van der Waals surface area contributed by atoms with Gasteiger partial charge in [-0.25, -0.2) is 0 Å². The molecular formula is C14H22O2. The highest BCUT2D eigenvalue weighted by Gasteiger charge is 2.08. The minimum absolute atomic E-state index is 0.348. The Hall–Kier alpha value is -0.860. The number of methoxy groups -OCH3 is 1. The van der Waals surface area contributed by atoms with E-state index in [1.165, 1.54) is 0 Å². The number of aliphatic hydroxyl groups is 1. The van der Waals surface area contributed by atoms with E-state index in [2.05, 4.69) is 13.8 Å². The Bertz CT molecular complexity index is 307. The highest BCUT2D eigenvalue weighted by molar-refractivity contribution is 5.24. The number of ether oxygens (including phenoxy) is 1. The molecule has 1 atom stereocenters. The smallest absolute Gasteiger partial charge is 0.0790 e. The zero-order chi connectivity index (χ0) is 12.0. The highest BCUT2D eigenvalue weighted by atomic mass is 16.5. The lowest BCUT2D eigenvalue weighted by Crippen LogP contribution is -2.01. The van der Waals surface area contributed by atoms with E-state index in [0.717, 1.165) is 24.0 Å². The second-order valence-electron chi connectivity index (χ2n) is 4.67. The maximum atomic E-state index is 10.0. The van der Waals surface area contributed by atoms with Gasteiger partial charge in [0.1, 0.15) is 0 Å². The first-order valence-corrected chi connectivity index (χ1v) is 5.89. The Labute approximate surface area is 98.3 Å². The summed E-state index contributed by atoms with van der Waals surface area (Å²) in [5, 5.41) is 10.0. The molecule has 0 amide bonds. The second-order valence-corrected chi connectivity index (χ2v) is 4.67. The van der Waals surface area contributed by atoms with Gasteiger partial charge in [0, 0.05) is 7.11 Å². The molecule has 90 valence electrons. The number of benzene rings is 1. The Morgan fingerprint density at radius 1 is 1.25 bits per heavy atom. The summed E-state index contributed by atoms with van der Waals surface area (Å²) in [6.07, 6.45) is 1.53. The normalized spacial score (nSPS) is 13.1. The number of hydrogen-bond acceptors (Lipinski definition) is 2. The van der Waals surface area contributed by atoms with Crippen LogP contribution in [0.25, 0.3) is 0 Å². The van der Waals surface area contributed by atoms with Gasteiger partial charge < -0.3 is 9.84 Å². The Kier molecular flexibility index (Phi) is 5.50. The predicted molar refractivity (Wildman–Crippen MR) is 66.2 cm³/mol. The molecule has 0 aliphatic carbocycles. The van der Waals surface area contributed by atoms with E-state index >= 15 is 0 Å². The van der Waals surface area contributed by atoms with Crippen molar-refractivity contribution in [2.45, 2.75) is 39.4 Å². The van der Waals surface area contributed by atoms with Crippen molar-refractivity contribution in [3.8, 4) is 0 Å². The average Bonchev–Trinajstić information content (AvgIpc) is 2.26. The Balaban J connectivity index is 2.60. The molecule has 0 heterocycles. The van der Waals surface area contributed by atoms with Gasteiger partial charge in [-0.1, -0.05) is 38.1 Å². The summed E-state index contributed by atoms with van der Waals surface area (Å²) in [5.41, 5.74) is 2.11. The van der Waals surface area contributed by atoms with Crippen LogP contribution in [0.1, 0.15) is 43.9 Å². The fraction of sp³-hybridized carbons (Fsp3) is 0.571. The minimum atomic E-state index is -0.348. The molecule has 1 N–H and O–H groups in total. The third-order valence-corrected chi connectivity index (χ3v) is 2.66. The lowest BCUT2D eigenvalue weighted by molar-refractivity contribution is 0.158. The molecule has 2 heteroatoms. The second kappa shape index (κ2) is 6.66. The summed E-state index contributed by atoms with van der Waals surface area (Å²) in [5.74, 6) is 0.636. The maximum Gasteiger partial charge on any atom is 0.0790 e. The van der Waals surface area contributed by atoms with E-state index in [9.17, 15) is 5.11 Å². The van der Waals surface area contributed by atoms with Crippen molar-refractivity contribution in [1.29, 1.82) is 0 Å². The molecule has 0 aliphatic rings. The standard InChI is InChI=1S/C14H22O2/c1-11(2)7-8-14(15)13-6-4-5-12(9-13)10-16-3/h4-6,9,11,14-15H,7-8,10H2,1-3H3. The molecule has 0 aliphatic heterocycles. The van der Waals surface area contributed by atoms with Crippen molar-refractivity contribution in [1.82, 2.24) is 0 Å². The number of rotatable bonds is 6. The first-order valence-electron chi connectivity index (χ1n) is 5.89. The average molecular weight is 222 g/mol. The molecule has 0 radical (unpaired) electrons. The van der Waals surface area contributed by atoms with Gasteiger partial charge >= 0.3 is 0 Å². The molecule has 0 saturated heterocycles. The summed E-state index contributed by atoms with van der Waals surface area (Å²) in [6.45, 7) is 4.95. The van der Waals surface area contributed by atoms with Crippen molar-refractivity contribution < 1.29 is 9.84 Å². The third-order valence-electron chi connectivity index (χ3n) is 2.66. The van der Waals surface area contributed by atoms with Crippen LogP contribution in [0.2, 0.25) is 0 Å². The largest absolute Gasteiger partial charge is 0.388 e. The van der Waals surface area contributed by atoms with Crippen LogP contribution in [-0.4, -0.2) is 12.2 Å². The zero-order valence-electron chi connectivity index (χ0n) is 10.4. The van der Waals surface area contributed by atoms with E-state index in [4.69, 9.17) is 4.74 Å². The molecule has 0 bridgehead atoms. The van der Waals surface area contributed by atoms with Gasteiger partial charge in [0.25, 0.3) is 0 Å². The van der Waals surface area contributed by atoms with Gasteiger partial charge in [0.05, 0.1) is 12.7 Å². The SMILES string of the molecule is COCc1cccc(C(O)CCC(C)C)c1. The van der Waals surface area contributed by atoms with Crippen LogP contribution in [0.3, 0.4) is 0 Å². The minimum Gasteiger partial charge on any atom is -0.388 e. The molecule has 1 aromatic carbocycles. The molecular weight excluding hydrogens is 200 g/mol. The molecule has 2 nitrogen and oxygen atoms in total. The molecule has 0 fully saturated rings. The van der Waals surface area contributed by atoms with E-state index in [1.807, 2.05) is 24.3 Å². The van der Waals surface area contributed by atoms with Gasteiger partial charge in [-0.2, -0.15) is 0 Å².